The molecular formula is C12H9F4N3OS2. The molecular weight excluding hydrogens is 342 g/mol. The number of carbonyl (C=O) groups excluding carboxylic acids is 1. The first-order chi connectivity index (χ1) is 10.4. The molecule has 0 saturated heterocycles. The second-order valence-electron chi connectivity index (χ2n) is 3.91. The smallest absolute Gasteiger partial charge is 0.296 e. The second-order valence-corrected chi connectivity index (χ2v) is 6.23. The van der Waals surface area contributed by atoms with Crippen molar-refractivity contribution < 1.29 is 22.4 Å². The maximum atomic E-state index is 12.8. The molecule has 2 rings (SSSR count). The predicted molar refractivity (Wildman–Crippen MR) is 76.0 cm³/mol. The largest absolute Gasteiger partial charge is 0.417 e. The topological polar surface area (TPSA) is 54.9 Å². The number of rotatable bonds is 5. The van der Waals surface area contributed by atoms with Crippen LogP contribution >= 0.6 is 23.1 Å². The molecule has 1 amide bonds. The first-order valence-corrected chi connectivity index (χ1v) is 7.72. The Bertz CT molecular complexity index is 660. The van der Waals surface area contributed by atoms with Gasteiger partial charge in [-0.1, -0.05) is 35.2 Å². The second kappa shape index (κ2) is 7.05. The minimum Gasteiger partial charge on any atom is -0.296 e. The maximum absolute atomic E-state index is 12.8. The number of hydrogen-bond donors (Lipinski definition) is 1. The van der Waals surface area contributed by atoms with Crippen LogP contribution in [0.2, 0.25) is 0 Å². The molecule has 1 aromatic heterocycles. The van der Waals surface area contributed by atoms with Crippen LogP contribution in [0.1, 0.15) is 15.9 Å². The van der Waals surface area contributed by atoms with Gasteiger partial charge in [-0.05, 0) is 12.1 Å². The normalized spacial score (nSPS) is 11.5. The van der Waals surface area contributed by atoms with E-state index in [2.05, 4.69) is 15.5 Å². The van der Waals surface area contributed by atoms with Gasteiger partial charge in [0.05, 0.1) is 17.8 Å². The number of amides is 1. The van der Waals surface area contributed by atoms with Gasteiger partial charge in [0.2, 0.25) is 5.13 Å². The molecule has 0 spiro atoms. The summed E-state index contributed by atoms with van der Waals surface area (Å²) in [7, 11) is 0. The lowest BCUT2D eigenvalue weighted by molar-refractivity contribution is -0.137. The molecule has 0 fully saturated rings. The third-order valence-electron chi connectivity index (χ3n) is 2.41. The Morgan fingerprint density at radius 1 is 1.27 bits per heavy atom. The number of nitrogens with zero attached hydrogens (tertiary/aromatic N) is 2. The number of thioether (sulfide) groups is 1. The highest BCUT2D eigenvalue weighted by atomic mass is 32.2. The highest BCUT2D eigenvalue weighted by Crippen LogP contribution is 2.32. The zero-order valence-corrected chi connectivity index (χ0v) is 12.5. The third kappa shape index (κ3) is 4.17. The first-order valence-electron chi connectivity index (χ1n) is 5.91. The van der Waals surface area contributed by atoms with Gasteiger partial charge in [0, 0.05) is 5.75 Å². The Morgan fingerprint density at radius 3 is 2.68 bits per heavy atom. The van der Waals surface area contributed by atoms with Gasteiger partial charge in [0.1, 0.15) is 0 Å². The number of anilines is 1. The van der Waals surface area contributed by atoms with Crippen molar-refractivity contribution in [2.45, 2.75) is 10.5 Å². The van der Waals surface area contributed by atoms with Crippen LogP contribution < -0.4 is 5.32 Å². The van der Waals surface area contributed by atoms with Crippen molar-refractivity contribution >= 4 is 34.1 Å². The average molecular weight is 351 g/mol. The van der Waals surface area contributed by atoms with E-state index in [4.69, 9.17) is 0 Å². The predicted octanol–water partition coefficient (Wildman–Crippen LogP) is 3.87. The minimum atomic E-state index is -4.63. The molecule has 0 aliphatic carbocycles. The summed E-state index contributed by atoms with van der Waals surface area (Å²) in [5, 5.41) is 9.66. The molecule has 0 saturated carbocycles. The number of nitrogens with one attached hydrogen (secondary N) is 1. The molecule has 0 aliphatic rings. The van der Waals surface area contributed by atoms with E-state index in [9.17, 15) is 22.4 Å². The number of hydrogen-bond acceptors (Lipinski definition) is 5. The van der Waals surface area contributed by atoms with Crippen LogP contribution in [-0.2, 0) is 6.18 Å². The molecule has 0 aliphatic heterocycles. The van der Waals surface area contributed by atoms with Crippen LogP contribution in [0.3, 0.4) is 0 Å². The molecule has 118 valence electrons. The Morgan fingerprint density at radius 2 is 2.00 bits per heavy atom. The quantitative estimate of drug-likeness (QED) is 0.505. The van der Waals surface area contributed by atoms with Crippen LogP contribution in [-0.4, -0.2) is 28.5 Å². The van der Waals surface area contributed by atoms with Crippen molar-refractivity contribution in [2.75, 3.05) is 17.7 Å². The molecule has 1 N–H and O–H groups in total. The number of benzene rings is 1. The van der Waals surface area contributed by atoms with Crippen molar-refractivity contribution in [1.82, 2.24) is 10.2 Å². The van der Waals surface area contributed by atoms with Gasteiger partial charge in [-0.25, -0.2) is 0 Å². The number of halogens is 4. The van der Waals surface area contributed by atoms with E-state index in [1.54, 1.807) is 0 Å². The van der Waals surface area contributed by atoms with Crippen LogP contribution in [0, 0.1) is 0 Å². The Labute approximate surface area is 130 Å². The van der Waals surface area contributed by atoms with Crippen LogP contribution in [0.15, 0.2) is 28.6 Å². The Kier molecular flexibility index (Phi) is 5.35. The third-order valence-corrected chi connectivity index (χ3v) is 4.33. The van der Waals surface area contributed by atoms with Gasteiger partial charge in [0.15, 0.2) is 4.34 Å². The van der Waals surface area contributed by atoms with Gasteiger partial charge in [0.25, 0.3) is 5.91 Å². The summed E-state index contributed by atoms with van der Waals surface area (Å²) < 4.78 is 51.0. The molecule has 0 bridgehead atoms. The molecule has 0 radical (unpaired) electrons. The number of alkyl halides is 4. The van der Waals surface area contributed by atoms with Gasteiger partial charge >= 0.3 is 6.18 Å². The van der Waals surface area contributed by atoms with E-state index in [-0.39, 0.29) is 10.9 Å². The minimum absolute atomic E-state index is 0.0586. The Hall–Kier alpha value is -1.68. The molecule has 10 heteroatoms. The highest BCUT2D eigenvalue weighted by molar-refractivity contribution is 8.01. The van der Waals surface area contributed by atoms with Gasteiger partial charge in [-0.15, -0.1) is 10.2 Å². The van der Waals surface area contributed by atoms with E-state index in [1.165, 1.54) is 12.1 Å². The van der Waals surface area contributed by atoms with E-state index in [1.807, 2.05) is 0 Å². The standard InChI is InChI=1S/C12H9F4N3OS2/c13-5-6-21-11-19-18-10(22-11)17-9(20)7-3-1-2-4-8(7)12(14,15)16/h1-4H,5-6H2,(H,17,18,20). The zero-order valence-electron chi connectivity index (χ0n) is 10.9. The fourth-order valence-electron chi connectivity index (χ4n) is 1.54. The monoisotopic (exact) mass is 351 g/mol. The molecule has 22 heavy (non-hydrogen) atoms. The van der Waals surface area contributed by atoms with E-state index in [0.29, 0.717) is 4.34 Å². The molecule has 4 nitrogen and oxygen atoms in total. The number of aromatic nitrogens is 2. The number of carbonyl (C=O) groups is 1. The summed E-state index contributed by atoms with van der Waals surface area (Å²) in [6.45, 7) is -0.537. The summed E-state index contributed by atoms with van der Waals surface area (Å²) in [6.07, 6.45) is -4.63. The molecule has 2 aromatic rings. The van der Waals surface area contributed by atoms with Crippen molar-refractivity contribution in [1.29, 1.82) is 0 Å². The maximum Gasteiger partial charge on any atom is 0.417 e. The molecule has 0 unspecified atom stereocenters. The van der Waals surface area contributed by atoms with Crippen LogP contribution in [0.25, 0.3) is 0 Å². The van der Waals surface area contributed by atoms with E-state index >= 15 is 0 Å². The molecule has 1 aromatic carbocycles. The lowest BCUT2D eigenvalue weighted by Crippen LogP contribution is -2.18. The summed E-state index contributed by atoms with van der Waals surface area (Å²) >= 11 is 2.08. The molecule has 0 atom stereocenters. The lowest BCUT2D eigenvalue weighted by atomic mass is 10.1. The van der Waals surface area contributed by atoms with Crippen LogP contribution in [0.5, 0.6) is 0 Å². The van der Waals surface area contributed by atoms with Crippen molar-refractivity contribution in [3.05, 3.63) is 35.4 Å². The summed E-state index contributed by atoms with van der Waals surface area (Å²) in [4.78, 5) is 12.0. The van der Waals surface area contributed by atoms with E-state index in [0.717, 1.165) is 35.2 Å². The summed E-state index contributed by atoms with van der Waals surface area (Å²) in [5.74, 6) is -0.731. The van der Waals surface area contributed by atoms with Gasteiger partial charge in [-0.2, -0.15) is 13.2 Å². The van der Waals surface area contributed by atoms with E-state index < -0.39 is 29.9 Å². The fourth-order valence-corrected chi connectivity index (χ4v) is 3.08. The Balaban J connectivity index is 2.14. The SMILES string of the molecule is O=C(Nc1nnc(SCCF)s1)c1ccccc1C(F)(F)F. The van der Waals surface area contributed by atoms with Crippen LogP contribution in [0.4, 0.5) is 22.7 Å². The highest BCUT2D eigenvalue weighted by Gasteiger charge is 2.34. The summed E-state index contributed by atoms with van der Waals surface area (Å²) in [5.41, 5.74) is -1.52. The zero-order chi connectivity index (χ0) is 16.2. The van der Waals surface area contributed by atoms with Gasteiger partial charge in [-0.3, -0.25) is 14.5 Å². The van der Waals surface area contributed by atoms with Crippen molar-refractivity contribution in [2.24, 2.45) is 0 Å². The van der Waals surface area contributed by atoms with Crippen molar-refractivity contribution in [3.8, 4) is 0 Å². The van der Waals surface area contributed by atoms with Gasteiger partial charge < -0.3 is 0 Å². The first kappa shape index (κ1) is 16.7. The average Bonchev–Trinajstić information content (AvgIpc) is 2.91. The molecule has 1 heterocycles. The lowest BCUT2D eigenvalue weighted by Gasteiger charge is -2.11. The fraction of sp³-hybridized carbons (Fsp3) is 0.250. The van der Waals surface area contributed by atoms with Crippen molar-refractivity contribution in [3.63, 3.8) is 0 Å². The summed E-state index contributed by atoms with van der Waals surface area (Å²) in [6, 6.07) is 4.46.